The van der Waals surface area contributed by atoms with Gasteiger partial charge in [-0.2, -0.15) is 0 Å². The first-order valence-corrected chi connectivity index (χ1v) is 6.36. The summed E-state index contributed by atoms with van der Waals surface area (Å²) in [5.74, 6) is 0.422. The van der Waals surface area contributed by atoms with E-state index in [9.17, 15) is 4.79 Å². The molecule has 0 aliphatic rings. The number of amides is 1. The maximum Gasteiger partial charge on any atom is 0.257 e. The maximum absolute atomic E-state index is 12.1. The van der Waals surface area contributed by atoms with Gasteiger partial charge in [0.1, 0.15) is 5.82 Å². The summed E-state index contributed by atoms with van der Waals surface area (Å²) < 4.78 is 0.923. The van der Waals surface area contributed by atoms with Gasteiger partial charge in [0, 0.05) is 16.2 Å². The fourth-order valence-corrected chi connectivity index (χ4v) is 2.01. The van der Waals surface area contributed by atoms with Crippen LogP contribution in [0, 0.1) is 13.8 Å². The van der Waals surface area contributed by atoms with Gasteiger partial charge in [0.05, 0.1) is 0 Å². The number of hydrogen-bond donors (Lipinski definition) is 1. The molecule has 2 aromatic rings. The molecule has 0 aliphatic carbocycles. The zero-order valence-electron chi connectivity index (χ0n) is 10.2. The molecule has 1 amide bonds. The van der Waals surface area contributed by atoms with Crippen LogP contribution in [0.5, 0.6) is 0 Å². The average Bonchev–Trinajstić information content (AvgIpc) is 2.32. The normalized spacial score (nSPS) is 10.2. The van der Waals surface area contributed by atoms with Crippen molar-refractivity contribution in [2.24, 2.45) is 0 Å². The van der Waals surface area contributed by atoms with Gasteiger partial charge in [0.15, 0.2) is 0 Å². The number of pyridine rings is 1. The van der Waals surface area contributed by atoms with Crippen molar-refractivity contribution in [3.63, 3.8) is 0 Å². The summed E-state index contributed by atoms with van der Waals surface area (Å²) in [4.78, 5) is 16.2. The first kappa shape index (κ1) is 12.8. The highest BCUT2D eigenvalue weighted by Crippen LogP contribution is 2.20. The molecule has 1 aromatic carbocycles. The van der Waals surface area contributed by atoms with E-state index in [2.05, 4.69) is 26.2 Å². The Hall–Kier alpha value is -1.68. The standard InChI is InChI=1S/C14H13BrN2O/c1-9-6-7-16-13(8-9)17-14(18)11-4-3-5-12(15)10(11)2/h3-8H,1-2H3,(H,16,17,18). The molecular weight excluding hydrogens is 292 g/mol. The summed E-state index contributed by atoms with van der Waals surface area (Å²) in [6.45, 7) is 3.87. The van der Waals surface area contributed by atoms with Crippen LogP contribution >= 0.6 is 15.9 Å². The van der Waals surface area contributed by atoms with Crippen LogP contribution in [-0.4, -0.2) is 10.9 Å². The summed E-state index contributed by atoms with van der Waals surface area (Å²) in [5, 5.41) is 2.80. The zero-order chi connectivity index (χ0) is 13.1. The molecule has 0 spiro atoms. The van der Waals surface area contributed by atoms with E-state index in [0.29, 0.717) is 11.4 Å². The highest BCUT2D eigenvalue weighted by molar-refractivity contribution is 9.10. The van der Waals surface area contributed by atoms with Crippen LogP contribution in [0.2, 0.25) is 0 Å². The first-order chi connectivity index (χ1) is 8.58. The Balaban J connectivity index is 2.25. The smallest absolute Gasteiger partial charge is 0.257 e. The third-order valence-electron chi connectivity index (χ3n) is 2.67. The Morgan fingerprint density at radius 2 is 2.06 bits per heavy atom. The molecule has 4 heteroatoms. The van der Waals surface area contributed by atoms with E-state index < -0.39 is 0 Å². The molecule has 0 aliphatic heterocycles. The van der Waals surface area contributed by atoms with Gasteiger partial charge in [-0.25, -0.2) is 4.98 Å². The number of benzene rings is 1. The summed E-state index contributed by atoms with van der Waals surface area (Å²) in [6.07, 6.45) is 1.68. The Morgan fingerprint density at radius 1 is 1.28 bits per heavy atom. The lowest BCUT2D eigenvalue weighted by molar-refractivity contribution is 0.102. The van der Waals surface area contributed by atoms with Crippen molar-refractivity contribution in [1.82, 2.24) is 4.98 Å². The largest absolute Gasteiger partial charge is 0.307 e. The van der Waals surface area contributed by atoms with Gasteiger partial charge >= 0.3 is 0 Å². The number of halogens is 1. The molecule has 92 valence electrons. The Kier molecular flexibility index (Phi) is 3.77. The second-order valence-electron chi connectivity index (χ2n) is 4.08. The van der Waals surface area contributed by atoms with Crippen molar-refractivity contribution >= 4 is 27.7 Å². The van der Waals surface area contributed by atoms with Gasteiger partial charge in [-0.1, -0.05) is 22.0 Å². The van der Waals surface area contributed by atoms with Crippen molar-refractivity contribution < 1.29 is 4.79 Å². The molecule has 1 heterocycles. The lowest BCUT2D eigenvalue weighted by atomic mass is 10.1. The molecular formula is C14H13BrN2O. The lowest BCUT2D eigenvalue weighted by Gasteiger charge is -2.08. The predicted molar refractivity (Wildman–Crippen MR) is 75.8 cm³/mol. The molecule has 3 nitrogen and oxygen atoms in total. The number of aryl methyl sites for hydroxylation is 1. The lowest BCUT2D eigenvalue weighted by Crippen LogP contribution is -2.14. The number of rotatable bonds is 2. The SMILES string of the molecule is Cc1ccnc(NC(=O)c2cccc(Br)c2C)c1. The summed E-state index contributed by atoms with van der Waals surface area (Å²) in [5.41, 5.74) is 2.63. The Morgan fingerprint density at radius 3 is 2.78 bits per heavy atom. The van der Waals surface area contributed by atoms with E-state index >= 15 is 0 Å². The number of carbonyl (C=O) groups excluding carboxylic acids is 1. The van der Waals surface area contributed by atoms with Crippen LogP contribution in [0.4, 0.5) is 5.82 Å². The van der Waals surface area contributed by atoms with Gasteiger partial charge in [-0.05, 0) is 49.2 Å². The van der Waals surface area contributed by atoms with Crippen LogP contribution in [0.1, 0.15) is 21.5 Å². The summed E-state index contributed by atoms with van der Waals surface area (Å²) in [7, 11) is 0. The number of nitrogens with one attached hydrogen (secondary N) is 1. The molecule has 0 fully saturated rings. The number of carbonyl (C=O) groups is 1. The third-order valence-corrected chi connectivity index (χ3v) is 3.53. The van der Waals surface area contributed by atoms with E-state index in [1.165, 1.54) is 0 Å². The van der Waals surface area contributed by atoms with Crippen molar-refractivity contribution in [1.29, 1.82) is 0 Å². The van der Waals surface area contributed by atoms with Gasteiger partial charge in [0.25, 0.3) is 5.91 Å². The van der Waals surface area contributed by atoms with E-state index in [-0.39, 0.29) is 5.91 Å². The molecule has 0 radical (unpaired) electrons. The van der Waals surface area contributed by atoms with Gasteiger partial charge in [-0.3, -0.25) is 4.79 Å². The number of nitrogens with zero attached hydrogens (tertiary/aromatic N) is 1. The average molecular weight is 305 g/mol. The monoisotopic (exact) mass is 304 g/mol. The van der Waals surface area contributed by atoms with Crippen LogP contribution in [0.15, 0.2) is 41.0 Å². The molecule has 18 heavy (non-hydrogen) atoms. The van der Waals surface area contributed by atoms with Crippen molar-refractivity contribution in [2.45, 2.75) is 13.8 Å². The molecule has 0 unspecified atom stereocenters. The Labute approximate surface area is 114 Å². The highest BCUT2D eigenvalue weighted by atomic mass is 79.9. The number of anilines is 1. The van der Waals surface area contributed by atoms with Crippen molar-refractivity contribution in [3.05, 3.63) is 57.7 Å². The molecule has 1 N–H and O–H groups in total. The minimum Gasteiger partial charge on any atom is -0.307 e. The van der Waals surface area contributed by atoms with E-state index in [1.807, 2.05) is 38.1 Å². The van der Waals surface area contributed by atoms with Gasteiger partial charge in [0.2, 0.25) is 0 Å². The van der Waals surface area contributed by atoms with E-state index in [0.717, 1.165) is 15.6 Å². The molecule has 1 aromatic heterocycles. The zero-order valence-corrected chi connectivity index (χ0v) is 11.8. The second-order valence-corrected chi connectivity index (χ2v) is 4.94. The molecule has 2 rings (SSSR count). The molecule has 0 saturated heterocycles. The van der Waals surface area contributed by atoms with Crippen LogP contribution in [0.25, 0.3) is 0 Å². The van der Waals surface area contributed by atoms with Gasteiger partial charge in [-0.15, -0.1) is 0 Å². The predicted octanol–water partition coefficient (Wildman–Crippen LogP) is 3.71. The van der Waals surface area contributed by atoms with E-state index in [1.54, 1.807) is 12.3 Å². The van der Waals surface area contributed by atoms with Crippen molar-refractivity contribution in [2.75, 3.05) is 5.32 Å². The molecule has 0 bridgehead atoms. The Bertz CT molecular complexity index is 596. The summed E-state index contributed by atoms with van der Waals surface area (Å²) >= 11 is 3.42. The summed E-state index contributed by atoms with van der Waals surface area (Å²) in [6, 6.07) is 9.28. The fraction of sp³-hybridized carbons (Fsp3) is 0.143. The minimum absolute atomic E-state index is 0.146. The quantitative estimate of drug-likeness (QED) is 0.919. The third kappa shape index (κ3) is 2.76. The maximum atomic E-state index is 12.1. The van der Waals surface area contributed by atoms with Crippen LogP contribution in [-0.2, 0) is 0 Å². The molecule has 0 atom stereocenters. The van der Waals surface area contributed by atoms with Gasteiger partial charge < -0.3 is 5.32 Å². The first-order valence-electron chi connectivity index (χ1n) is 5.57. The number of aromatic nitrogens is 1. The second kappa shape index (κ2) is 5.31. The highest BCUT2D eigenvalue weighted by Gasteiger charge is 2.11. The van der Waals surface area contributed by atoms with Crippen LogP contribution in [0.3, 0.4) is 0 Å². The topological polar surface area (TPSA) is 42.0 Å². The van der Waals surface area contributed by atoms with E-state index in [4.69, 9.17) is 0 Å². The van der Waals surface area contributed by atoms with Crippen molar-refractivity contribution in [3.8, 4) is 0 Å². The number of hydrogen-bond acceptors (Lipinski definition) is 2. The molecule has 0 saturated carbocycles. The fourth-order valence-electron chi connectivity index (χ4n) is 1.64. The minimum atomic E-state index is -0.146. The van der Waals surface area contributed by atoms with Crippen LogP contribution < -0.4 is 5.32 Å².